The summed E-state index contributed by atoms with van der Waals surface area (Å²) in [5.41, 5.74) is -2.11. The van der Waals surface area contributed by atoms with Crippen molar-refractivity contribution < 1.29 is 19.2 Å². The van der Waals surface area contributed by atoms with Crippen LogP contribution in [0.15, 0.2) is 0 Å². The molecule has 2 radical (unpaired) electrons. The molecule has 0 bridgehead atoms. The van der Waals surface area contributed by atoms with E-state index in [4.69, 9.17) is 0 Å². The molecule has 6 amide bonds. The first-order chi connectivity index (χ1) is 8.58. The van der Waals surface area contributed by atoms with Gasteiger partial charge in [-0.3, -0.25) is 30.0 Å². The molecule has 2 aliphatic rings. The SMILES string of the molecule is CC1(C)C(=O)NC(=O)N1CN1C(=O)NC(=O)C1(C)C.[Na].[Na]. The molecular formula is C11H16N4Na2O4. The van der Waals surface area contributed by atoms with E-state index in [0.717, 1.165) is 0 Å². The van der Waals surface area contributed by atoms with Crippen molar-refractivity contribution in [1.82, 2.24) is 20.4 Å². The second-order valence-corrected chi connectivity index (χ2v) is 5.63. The Balaban J connectivity index is 0.00000200. The molecule has 0 saturated carbocycles. The van der Waals surface area contributed by atoms with Gasteiger partial charge in [-0.05, 0) is 27.7 Å². The van der Waals surface area contributed by atoms with Crippen LogP contribution in [0.3, 0.4) is 0 Å². The van der Waals surface area contributed by atoms with E-state index < -0.39 is 35.0 Å². The molecule has 2 saturated heterocycles. The Bertz CT molecular complexity index is 462. The van der Waals surface area contributed by atoms with Gasteiger partial charge in [0.15, 0.2) is 0 Å². The maximum Gasteiger partial charge on any atom is 0.326 e. The molecule has 0 aromatic rings. The molecule has 8 nitrogen and oxygen atoms in total. The second kappa shape index (κ2) is 6.55. The number of amides is 6. The molecule has 10 heteroatoms. The molecule has 0 spiro atoms. The topological polar surface area (TPSA) is 98.8 Å². The maximum absolute atomic E-state index is 11.7. The fourth-order valence-corrected chi connectivity index (χ4v) is 2.01. The minimum absolute atomic E-state index is 0. The Morgan fingerprint density at radius 3 is 1.24 bits per heavy atom. The molecule has 0 aromatic carbocycles. The fraction of sp³-hybridized carbons (Fsp3) is 0.636. The summed E-state index contributed by atoms with van der Waals surface area (Å²) in [5.74, 6) is -0.859. The van der Waals surface area contributed by atoms with E-state index in [2.05, 4.69) is 10.6 Å². The van der Waals surface area contributed by atoms with Crippen LogP contribution in [0.25, 0.3) is 0 Å². The van der Waals surface area contributed by atoms with Crippen LogP contribution in [0.2, 0.25) is 0 Å². The van der Waals surface area contributed by atoms with Crippen molar-refractivity contribution in [2.75, 3.05) is 6.67 Å². The minimum Gasteiger partial charge on any atom is -0.292 e. The van der Waals surface area contributed by atoms with Crippen LogP contribution in [-0.2, 0) is 9.59 Å². The van der Waals surface area contributed by atoms with Gasteiger partial charge >= 0.3 is 12.1 Å². The summed E-state index contributed by atoms with van der Waals surface area (Å²) in [7, 11) is 0. The van der Waals surface area contributed by atoms with Crippen LogP contribution in [-0.4, -0.2) is 111 Å². The van der Waals surface area contributed by atoms with E-state index in [1.165, 1.54) is 9.80 Å². The normalized spacial score (nSPS) is 22.5. The van der Waals surface area contributed by atoms with Gasteiger partial charge in [-0.1, -0.05) is 0 Å². The van der Waals surface area contributed by atoms with Gasteiger partial charge in [0.2, 0.25) is 0 Å². The molecular weight excluding hydrogens is 298 g/mol. The van der Waals surface area contributed by atoms with E-state index in [1.54, 1.807) is 27.7 Å². The van der Waals surface area contributed by atoms with Crippen LogP contribution in [0.5, 0.6) is 0 Å². The smallest absolute Gasteiger partial charge is 0.292 e. The summed E-state index contributed by atoms with van der Waals surface area (Å²) in [6.07, 6.45) is 0. The Morgan fingerprint density at radius 1 is 0.762 bits per heavy atom. The van der Waals surface area contributed by atoms with Gasteiger partial charge in [0, 0.05) is 59.1 Å². The number of carbonyl (C=O) groups excluding carboxylic acids is 4. The van der Waals surface area contributed by atoms with Crippen molar-refractivity contribution in [1.29, 1.82) is 0 Å². The number of carbonyl (C=O) groups is 4. The van der Waals surface area contributed by atoms with Crippen LogP contribution < -0.4 is 10.6 Å². The van der Waals surface area contributed by atoms with E-state index in [9.17, 15) is 19.2 Å². The summed E-state index contributed by atoms with van der Waals surface area (Å²) < 4.78 is 0. The summed E-state index contributed by atoms with van der Waals surface area (Å²) >= 11 is 0. The summed E-state index contributed by atoms with van der Waals surface area (Å²) in [5, 5.41) is 4.38. The first-order valence-corrected chi connectivity index (χ1v) is 5.84. The number of nitrogens with zero attached hydrogens (tertiary/aromatic N) is 2. The van der Waals surface area contributed by atoms with Gasteiger partial charge in [-0.2, -0.15) is 0 Å². The summed E-state index contributed by atoms with van der Waals surface area (Å²) in [4.78, 5) is 49.2. The molecule has 2 fully saturated rings. The zero-order valence-corrected chi connectivity index (χ0v) is 17.2. The average Bonchev–Trinajstić information content (AvgIpc) is 2.56. The van der Waals surface area contributed by atoms with Crippen molar-refractivity contribution in [3.05, 3.63) is 0 Å². The van der Waals surface area contributed by atoms with Crippen LogP contribution >= 0.6 is 0 Å². The number of rotatable bonds is 2. The summed E-state index contributed by atoms with van der Waals surface area (Å²) in [6, 6.07) is -1.14. The fourth-order valence-electron chi connectivity index (χ4n) is 2.01. The second-order valence-electron chi connectivity index (χ2n) is 5.63. The third-order valence-electron chi connectivity index (χ3n) is 3.67. The number of hydrogen-bond donors (Lipinski definition) is 2. The third kappa shape index (κ3) is 3.30. The zero-order valence-electron chi connectivity index (χ0n) is 13.2. The number of nitrogens with one attached hydrogen (secondary N) is 2. The molecule has 0 unspecified atom stereocenters. The van der Waals surface area contributed by atoms with Gasteiger partial charge in [-0.25, -0.2) is 9.59 Å². The average molecular weight is 314 g/mol. The van der Waals surface area contributed by atoms with Crippen molar-refractivity contribution in [3.8, 4) is 0 Å². The molecule has 0 aliphatic carbocycles. The van der Waals surface area contributed by atoms with E-state index >= 15 is 0 Å². The Hall–Kier alpha value is -0.120. The predicted molar refractivity (Wildman–Crippen MR) is 75.3 cm³/mol. The number of imide groups is 2. The molecule has 2 N–H and O–H groups in total. The third-order valence-corrected chi connectivity index (χ3v) is 3.67. The van der Waals surface area contributed by atoms with E-state index in [-0.39, 0.29) is 65.8 Å². The largest absolute Gasteiger partial charge is 0.326 e. The maximum atomic E-state index is 11.7. The molecule has 106 valence electrons. The molecule has 21 heavy (non-hydrogen) atoms. The Labute approximate surface area is 166 Å². The van der Waals surface area contributed by atoms with Gasteiger partial charge in [0.1, 0.15) is 17.7 Å². The number of hydrogen-bond acceptors (Lipinski definition) is 4. The van der Waals surface area contributed by atoms with Gasteiger partial charge < -0.3 is 0 Å². The number of urea groups is 2. The molecule has 2 aliphatic heterocycles. The molecule has 0 aromatic heterocycles. The van der Waals surface area contributed by atoms with E-state index in [0.29, 0.717) is 0 Å². The quantitative estimate of drug-likeness (QED) is 0.496. The first kappa shape index (κ1) is 20.9. The summed E-state index contributed by atoms with van der Waals surface area (Å²) in [6.45, 7) is 6.19. The van der Waals surface area contributed by atoms with Crippen LogP contribution in [0.4, 0.5) is 9.59 Å². The predicted octanol–water partition coefficient (Wildman–Crippen LogP) is -1.16. The standard InChI is InChI=1S/C11H16N4O4.2Na/c1-10(2)6(16)12-8(18)14(10)5-15-9(19)13-7(17)11(15,3)4;;/h5H2,1-4H3,(H,12,16,18)(H,13,17,19);;. The Morgan fingerprint density at radius 2 is 1.05 bits per heavy atom. The van der Waals surface area contributed by atoms with Crippen molar-refractivity contribution in [2.24, 2.45) is 0 Å². The minimum atomic E-state index is -1.06. The van der Waals surface area contributed by atoms with Crippen molar-refractivity contribution in [3.63, 3.8) is 0 Å². The van der Waals surface area contributed by atoms with Crippen molar-refractivity contribution >= 4 is 83.0 Å². The van der Waals surface area contributed by atoms with E-state index in [1.807, 2.05) is 0 Å². The molecule has 2 rings (SSSR count). The Kier molecular flexibility index (Phi) is 6.52. The molecule has 2 heterocycles. The monoisotopic (exact) mass is 314 g/mol. The van der Waals surface area contributed by atoms with Gasteiger partial charge in [0.25, 0.3) is 11.8 Å². The zero-order chi connectivity index (χ0) is 14.6. The molecule has 0 atom stereocenters. The van der Waals surface area contributed by atoms with Crippen LogP contribution in [0, 0.1) is 0 Å². The van der Waals surface area contributed by atoms with Crippen molar-refractivity contribution in [2.45, 2.75) is 38.8 Å². The van der Waals surface area contributed by atoms with Gasteiger partial charge in [-0.15, -0.1) is 0 Å². The van der Waals surface area contributed by atoms with Gasteiger partial charge in [0.05, 0.1) is 0 Å². The first-order valence-electron chi connectivity index (χ1n) is 5.84. The van der Waals surface area contributed by atoms with Crippen LogP contribution in [0.1, 0.15) is 27.7 Å².